The van der Waals surface area contributed by atoms with Gasteiger partial charge in [-0.2, -0.15) is 0 Å². The molecule has 0 unspecified atom stereocenters. The van der Waals surface area contributed by atoms with Crippen LogP contribution in [0.1, 0.15) is 10.4 Å². The van der Waals surface area contributed by atoms with Gasteiger partial charge in [-0.3, -0.25) is 0 Å². The summed E-state index contributed by atoms with van der Waals surface area (Å²) in [5.74, 6) is -2.00. The minimum atomic E-state index is -1.30. The fourth-order valence-corrected chi connectivity index (χ4v) is 1.71. The Balaban J connectivity index is 2.69. The van der Waals surface area contributed by atoms with Crippen molar-refractivity contribution < 1.29 is 25.2 Å². The maximum absolute atomic E-state index is 11.1. The van der Waals surface area contributed by atoms with Crippen LogP contribution >= 0.6 is 0 Å². The Morgan fingerprint density at radius 1 is 0.889 bits per heavy atom. The Kier molecular flexibility index (Phi) is 2.81. The molecule has 0 aliphatic rings. The number of rotatable bonds is 2. The van der Waals surface area contributed by atoms with Crippen molar-refractivity contribution in [1.82, 2.24) is 0 Å². The van der Waals surface area contributed by atoms with E-state index < -0.39 is 11.7 Å². The van der Waals surface area contributed by atoms with Crippen LogP contribution in [0.25, 0.3) is 11.1 Å². The molecule has 0 atom stereocenters. The average Bonchev–Trinajstić information content (AvgIpc) is 2.28. The largest absolute Gasteiger partial charge is 0.508 e. The smallest absolute Gasteiger partial charge is 0.340 e. The number of aromatic hydroxyl groups is 3. The molecule has 0 bridgehead atoms. The fourth-order valence-electron chi connectivity index (χ4n) is 1.71. The van der Waals surface area contributed by atoms with Crippen LogP contribution in [-0.4, -0.2) is 26.4 Å². The lowest BCUT2D eigenvalue weighted by Crippen LogP contribution is -2.00. The molecule has 2 aromatic carbocycles. The first-order valence-corrected chi connectivity index (χ1v) is 5.07. The van der Waals surface area contributed by atoms with Crippen molar-refractivity contribution in [2.75, 3.05) is 0 Å². The summed E-state index contributed by atoms with van der Waals surface area (Å²) in [5.41, 5.74) is 0.356. The van der Waals surface area contributed by atoms with Gasteiger partial charge in [0.2, 0.25) is 0 Å². The minimum Gasteiger partial charge on any atom is -0.508 e. The van der Waals surface area contributed by atoms with Crippen molar-refractivity contribution in [2.45, 2.75) is 0 Å². The number of benzene rings is 2. The number of aromatic carboxylic acids is 1. The van der Waals surface area contributed by atoms with Crippen LogP contribution in [0.4, 0.5) is 0 Å². The molecular formula is C13H10O5. The number of carboxylic acids is 1. The number of carbonyl (C=O) groups is 1. The van der Waals surface area contributed by atoms with Crippen molar-refractivity contribution in [1.29, 1.82) is 0 Å². The highest BCUT2D eigenvalue weighted by molar-refractivity contribution is 5.99. The molecule has 0 saturated carbocycles. The van der Waals surface area contributed by atoms with Gasteiger partial charge in [0.1, 0.15) is 22.8 Å². The normalized spacial score (nSPS) is 10.2. The Morgan fingerprint density at radius 2 is 1.50 bits per heavy atom. The van der Waals surface area contributed by atoms with E-state index in [-0.39, 0.29) is 22.6 Å². The molecule has 0 spiro atoms. The second-order valence-electron chi connectivity index (χ2n) is 3.74. The van der Waals surface area contributed by atoms with Crippen LogP contribution in [0.5, 0.6) is 17.2 Å². The third-order valence-corrected chi connectivity index (χ3v) is 2.49. The molecule has 18 heavy (non-hydrogen) atoms. The van der Waals surface area contributed by atoms with Gasteiger partial charge >= 0.3 is 5.97 Å². The van der Waals surface area contributed by atoms with E-state index in [0.717, 1.165) is 6.07 Å². The van der Waals surface area contributed by atoms with Gasteiger partial charge in [0.05, 0.1) is 0 Å². The molecular weight excluding hydrogens is 236 g/mol. The summed E-state index contributed by atoms with van der Waals surface area (Å²) in [6.07, 6.45) is 0. The van der Waals surface area contributed by atoms with Gasteiger partial charge in [-0.1, -0.05) is 12.1 Å². The number of phenolic OH excluding ortho intramolecular Hbond substituents is 2. The van der Waals surface area contributed by atoms with Gasteiger partial charge in [0.25, 0.3) is 0 Å². The summed E-state index contributed by atoms with van der Waals surface area (Å²) < 4.78 is 0. The Labute approximate surface area is 102 Å². The second-order valence-corrected chi connectivity index (χ2v) is 3.74. The number of phenols is 3. The van der Waals surface area contributed by atoms with Crippen molar-refractivity contribution in [3.05, 3.63) is 42.0 Å². The van der Waals surface area contributed by atoms with E-state index in [2.05, 4.69) is 0 Å². The van der Waals surface area contributed by atoms with Crippen LogP contribution in [0.15, 0.2) is 36.4 Å². The van der Waals surface area contributed by atoms with Crippen molar-refractivity contribution >= 4 is 5.97 Å². The molecule has 0 fully saturated rings. The number of carboxylic acid groups (broad SMARTS) is 1. The van der Waals surface area contributed by atoms with E-state index in [1.165, 1.54) is 30.3 Å². The molecule has 0 aromatic heterocycles. The first kappa shape index (κ1) is 11.8. The minimum absolute atomic E-state index is 0.0417. The van der Waals surface area contributed by atoms with E-state index in [1.807, 2.05) is 0 Å². The number of hydrogen-bond acceptors (Lipinski definition) is 4. The quantitative estimate of drug-likeness (QED) is 0.651. The van der Waals surface area contributed by atoms with Crippen molar-refractivity contribution in [2.24, 2.45) is 0 Å². The second kappa shape index (κ2) is 4.29. The van der Waals surface area contributed by atoms with E-state index in [4.69, 9.17) is 5.11 Å². The van der Waals surface area contributed by atoms with Gasteiger partial charge in [0, 0.05) is 11.6 Å². The zero-order valence-corrected chi connectivity index (χ0v) is 9.16. The molecule has 4 N–H and O–H groups in total. The van der Waals surface area contributed by atoms with Gasteiger partial charge < -0.3 is 20.4 Å². The summed E-state index contributed by atoms with van der Waals surface area (Å²) in [6.45, 7) is 0. The van der Waals surface area contributed by atoms with Gasteiger partial charge in [-0.25, -0.2) is 4.79 Å². The highest BCUT2D eigenvalue weighted by atomic mass is 16.4. The molecule has 0 saturated heterocycles. The summed E-state index contributed by atoms with van der Waals surface area (Å²) >= 11 is 0. The average molecular weight is 246 g/mol. The first-order valence-electron chi connectivity index (χ1n) is 5.07. The first-order chi connectivity index (χ1) is 8.49. The monoisotopic (exact) mass is 246 g/mol. The van der Waals surface area contributed by atoms with E-state index in [9.17, 15) is 20.1 Å². The topological polar surface area (TPSA) is 98.0 Å². The fraction of sp³-hybridized carbons (Fsp3) is 0. The van der Waals surface area contributed by atoms with E-state index in [1.54, 1.807) is 0 Å². The van der Waals surface area contributed by atoms with Gasteiger partial charge in [-0.15, -0.1) is 0 Å². The highest BCUT2D eigenvalue weighted by Crippen LogP contribution is 2.34. The zero-order valence-electron chi connectivity index (χ0n) is 9.16. The maximum atomic E-state index is 11.1. The Hall–Kier alpha value is -2.69. The molecule has 5 heteroatoms. The summed E-state index contributed by atoms with van der Waals surface area (Å²) in [7, 11) is 0. The van der Waals surface area contributed by atoms with Crippen LogP contribution in [0, 0.1) is 0 Å². The van der Waals surface area contributed by atoms with Crippen molar-refractivity contribution in [3.8, 4) is 28.4 Å². The van der Waals surface area contributed by atoms with Crippen LogP contribution in [-0.2, 0) is 0 Å². The molecule has 92 valence electrons. The summed E-state index contributed by atoms with van der Waals surface area (Å²) in [6, 6.07) is 7.99. The van der Waals surface area contributed by atoms with Crippen LogP contribution < -0.4 is 0 Å². The van der Waals surface area contributed by atoms with E-state index in [0.29, 0.717) is 5.56 Å². The third-order valence-electron chi connectivity index (χ3n) is 2.49. The van der Waals surface area contributed by atoms with E-state index >= 15 is 0 Å². The van der Waals surface area contributed by atoms with Gasteiger partial charge in [0.15, 0.2) is 0 Å². The molecule has 0 aliphatic heterocycles. The highest BCUT2D eigenvalue weighted by Gasteiger charge is 2.18. The van der Waals surface area contributed by atoms with Crippen LogP contribution in [0.2, 0.25) is 0 Å². The van der Waals surface area contributed by atoms with Gasteiger partial charge in [-0.05, 0) is 23.8 Å². The molecule has 0 amide bonds. The zero-order chi connectivity index (χ0) is 13.3. The SMILES string of the molecule is O=C(O)c1c(O)cc(O)cc1-c1ccc(O)cc1. The molecule has 0 heterocycles. The third kappa shape index (κ3) is 2.06. The molecule has 0 aliphatic carbocycles. The molecule has 0 radical (unpaired) electrons. The standard InChI is InChI=1S/C13H10O5/c14-8-3-1-7(2-4-8)10-5-9(15)6-11(16)12(10)13(17)18/h1-6,14-16H,(H,17,18). The Morgan fingerprint density at radius 3 is 2.06 bits per heavy atom. The predicted molar refractivity (Wildman–Crippen MR) is 63.8 cm³/mol. The lowest BCUT2D eigenvalue weighted by molar-refractivity contribution is 0.0694. The maximum Gasteiger partial charge on any atom is 0.340 e. The molecule has 2 rings (SSSR count). The van der Waals surface area contributed by atoms with Crippen LogP contribution in [0.3, 0.4) is 0 Å². The predicted octanol–water partition coefficient (Wildman–Crippen LogP) is 2.17. The Bertz CT molecular complexity index is 602. The van der Waals surface area contributed by atoms with Crippen molar-refractivity contribution in [3.63, 3.8) is 0 Å². The summed E-state index contributed by atoms with van der Waals surface area (Å²) in [4.78, 5) is 11.1. The number of hydrogen-bond donors (Lipinski definition) is 4. The lowest BCUT2D eigenvalue weighted by atomic mass is 9.98. The summed E-state index contributed by atoms with van der Waals surface area (Å²) in [5, 5.41) is 37.2. The lowest BCUT2D eigenvalue weighted by Gasteiger charge is -2.09. The molecule has 2 aromatic rings. The molecule has 5 nitrogen and oxygen atoms in total.